The van der Waals surface area contributed by atoms with Gasteiger partial charge in [-0.25, -0.2) is 4.98 Å². The molecule has 0 amide bonds. The summed E-state index contributed by atoms with van der Waals surface area (Å²) in [5, 5.41) is 0.395. The maximum Gasteiger partial charge on any atom is 0.148 e. The third-order valence-corrected chi connectivity index (χ3v) is 4.78. The molecule has 0 saturated heterocycles. The molecule has 0 atom stereocenters. The van der Waals surface area contributed by atoms with Gasteiger partial charge in [-0.1, -0.05) is 11.6 Å². The Morgan fingerprint density at radius 2 is 1.73 bits per heavy atom. The minimum absolute atomic E-state index is 0.395. The van der Waals surface area contributed by atoms with Gasteiger partial charge in [-0.2, -0.15) is 0 Å². The zero-order chi connectivity index (χ0) is 18.1. The van der Waals surface area contributed by atoms with Gasteiger partial charge < -0.3 is 14.4 Å². The normalized spacial score (nSPS) is 13.7. The number of rotatable bonds is 6. The molecule has 0 spiro atoms. The molecule has 2 aromatic carbocycles. The number of hydrogen-bond acceptors (Lipinski definition) is 5. The fourth-order valence-corrected chi connectivity index (χ4v) is 3.15. The Morgan fingerprint density at radius 3 is 2.38 bits per heavy atom. The zero-order valence-electron chi connectivity index (χ0n) is 14.8. The Morgan fingerprint density at radius 1 is 1.00 bits per heavy atom. The van der Waals surface area contributed by atoms with Gasteiger partial charge in [0.1, 0.15) is 16.7 Å². The molecule has 1 saturated carbocycles. The van der Waals surface area contributed by atoms with Crippen LogP contribution in [-0.2, 0) is 0 Å². The van der Waals surface area contributed by atoms with Gasteiger partial charge in [0.05, 0.1) is 31.4 Å². The highest BCUT2D eigenvalue weighted by Gasteiger charge is 2.26. The number of fused-ring (bicyclic) bond motifs is 1. The highest BCUT2D eigenvalue weighted by Crippen LogP contribution is 2.38. The van der Waals surface area contributed by atoms with Crippen molar-refractivity contribution in [2.24, 2.45) is 5.92 Å². The molecule has 1 fully saturated rings. The molecule has 1 aliphatic rings. The third kappa shape index (κ3) is 3.53. The Balaban J connectivity index is 1.80. The molecular formula is C20H20ClN3O2. The van der Waals surface area contributed by atoms with E-state index < -0.39 is 0 Å². The van der Waals surface area contributed by atoms with Crippen LogP contribution in [0.25, 0.3) is 11.0 Å². The van der Waals surface area contributed by atoms with Crippen LogP contribution < -0.4 is 14.4 Å². The molecule has 5 nitrogen and oxygen atoms in total. The molecule has 3 aromatic rings. The predicted octanol–water partition coefficient (Wildman–Crippen LogP) is 4.85. The van der Waals surface area contributed by atoms with Crippen molar-refractivity contribution in [2.75, 3.05) is 25.7 Å². The van der Waals surface area contributed by atoms with E-state index in [0.29, 0.717) is 11.1 Å². The molecule has 0 aliphatic heterocycles. The molecule has 0 bridgehead atoms. The van der Waals surface area contributed by atoms with E-state index in [9.17, 15) is 0 Å². The largest absolute Gasteiger partial charge is 0.497 e. The molecule has 134 valence electrons. The highest BCUT2D eigenvalue weighted by atomic mass is 35.5. The highest BCUT2D eigenvalue weighted by molar-refractivity contribution is 6.29. The number of hydrogen-bond donors (Lipinski definition) is 0. The van der Waals surface area contributed by atoms with Gasteiger partial charge in [0, 0.05) is 36.1 Å². The summed E-state index contributed by atoms with van der Waals surface area (Å²) < 4.78 is 10.9. The Hall–Kier alpha value is -2.53. The summed E-state index contributed by atoms with van der Waals surface area (Å²) in [6, 6.07) is 12.0. The summed E-state index contributed by atoms with van der Waals surface area (Å²) in [6.45, 7) is 0.940. The van der Waals surface area contributed by atoms with Gasteiger partial charge in [-0.05, 0) is 37.0 Å². The van der Waals surface area contributed by atoms with Gasteiger partial charge in [0.15, 0.2) is 0 Å². The first-order chi connectivity index (χ1) is 12.7. The number of benzene rings is 2. The van der Waals surface area contributed by atoms with Crippen LogP contribution in [0.5, 0.6) is 11.5 Å². The molecule has 6 heteroatoms. The predicted molar refractivity (Wildman–Crippen MR) is 104 cm³/mol. The molecule has 26 heavy (non-hydrogen) atoms. The summed E-state index contributed by atoms with van der Waals surface area (Å²) >= 11 is 6.02. The molecule has 1 aliphatic carbocycles. The first-order valence-electron chi connectivity index (χ1n) is 8.59. The standard InChI is InChI=1S/C20H20ClN3O2/c1-25-16-7-15(8-17(10-16)26-2)24(12-13-3-4-13)14-5-6-18-19(9-14)23-20(21)11-22-18/h5-11,13H,3-4,12H2,1-2H3. The van der Waals surface area contributed by atoms with Crippen LogP contribution in [-0.4, -0.2) is 30.7 Å². The number of nitrogens with zero attached hydrogens (tertiary/aromatic N) is 3. The smallest absolute Gasteiger partial charge is 0.148 e. The lowest BCUT2D eigenvalue weighted by Gasteiger charge is -2.26. The fraction of sp³-hybridized carbons (Fsp3) is 0.300. The Bertz CT molecular complexity index is 921. The monoisotopic (exact) mass is 369 g/mol. The minimum atomic E-state index is 0.395. The summed E-state index contributed by atoms with van der Waals surface area (Å²) in [6.07, 6.45) is 4.09. The van der Waals surface area contributed by atoms with E-state index in [1.54, 1.807) is 20.4 Å². The fourth-order valence-electron chi connectivity index (χ4n) is 3.01. The summed E-state index contributed by atoms with van der Waals surface area (Å²) in [7, 11) is 3.33. The third-order valence-electron chi connectivity index (χ3n) is 4.59. The van der Waals surface area contributed by atoms with E-state index in [4.69, 9.17) is 21.1 Å². The number of halogens is 1. The van der Waals surface area contributed by atoms with Crippen molar-refractivity contribution < 1.29 is 9.47 Å². The van der Waals surface area contributed by atoms with Crippen LogP contribution in [0, 0.1) is 5.92 Å². The van der Waals surface area contributed by atoms with Crippen molar-refractivity contribution in [3.05, 3.63) is 47.7 Å². The number of methoxy groups -OCH3 is 2. The first kappa shape index (κ1) is 16.9. The molecule has 0 radical (unpaired) electrons. The molecule has 1 heterocycles. The SMILES string of the molecule is COc1cc(OC)cc(N(CC2CC2)c2ccc3ncc(Cl)nc3c2)c1. The van der Waals surface area contributed by atoms with Gasteiger partial charge in [-0.15, -0.1) is 0 Å². The maximum absolute atomic E-state index is 6.02. The average Bonchev–Trinajstić information content (AvgIpc) is 3.49. The minimum Gasteiger partial charge on any atom is -0.497 e. The second-order valence-electron chi connectivity index (χ2n) is 6.49. The van der Waals surface area contributed by atoms with Crippen molar-refractivity contribution >= 4 is 34.0 Å². The number of anilines is 2. The van der Waals surface area contributed by atoms with E-state index in [0.717, 1.165) is 40.5 Å². The lowest BCUT2D eigenvalue weighted by Crippen LogP contribution is -2.20. The molecule has 1 aromatic heterocycles. The van der Waals surface area contributed by atoms with Crippen molar-refractivity contribution in [1.82, 2.24) is 9.97 Å². The lowest BCUT2D eigenvalue weighted by molar-refractivity contribution is 0.394. The topological polar surface area (TPSA) is 47.5 Å². The summed E-state index contributed by atoms with van der Waals surface area (Å²) in [4.78, 5) is 11.0. The van der Waals surface area contributed by atoms with E-state index in [2.05, 4.69) is 20.9 Å². The van der Waals surface area contributed by atoms with E-state index in [1.807, 2.05) is 30.3 Å². The van der Waals surface area contributed by atoms with Crippen molar-refractivity contribution in [3.63, 3.8) is 0 Å². The van der Waals surface area contributed by atoms with Crippen molar-refractivity contribution in [3.8, 4) is 11.5 Å². The number of ether oxygens (including phenoxy) is 2. The summed E-state index contributed by atoms with van der Waals surface area (Å²) in [5.41, 5.74) is 3.69. The Kier molecular flexibility index (Phi) is 4.55. The second kappa shape index (κ2) is 7.00. The average molecular weight is 370 g/mol. The first-order valence-corrected chi connectivity index (χ1v) is 8.97. The maximum atomic E-state index is 6.02. The number of aromatic nitrogens is 2. The van der Waals surface area contributed by atoms with Crippen LogP contribution in [0.4, 0.5) is 11.4 Å². The van der Waals surface area contributed by atoms with Gasteiger partial charge in [0.2, 0.25) is 0 Å². The van der Waals surface area contributed by atoms with Crippen LogP contribution in [0.15, 0.2) is 42.6 Å². The van der Waals surface area contributed by atoms with E-state index >= 15 is 0 Å². The molecule has 0 unspecified atom stereocenters. The van der Waals surface area contributed by atoms with Crippen molar-refractivity contribution in [2.45, 2.75) is 12.8 Å². The summed E-state index contributed by atoms with van der Waals surface area (Å²) in [5.74, 6) is 2.24. The van der Waals surface area contributed by atoms with Gasteiger partial charge >= 0.3 is 0 Å². The van der Waals surface area contributed by atoms with Crippen LogP contribution >= 0.6 is 11.6 Å². The quantitative estimate of drug-likeness (QED) is 0.621. The van der Waals surface area contributed by atoms with Gasteiger partial charge in [-0.3, -0.25) is 4.98 Å². The van der Waals surface area contributed by atoms with Crippen molar-refractivity contribution in [1.29, 1.82) is 0 Å². The van der Waals surface area contributed by atoms with Crippen LogP contribution in [0.3, 0.4) is 0 Å². The zero-order valence-corrected chi connectivity index (χ0v) is 15.5. The molecule has 4 rings (SSSR count). The second-order valence-corrected chi connectivity index (χ2v) is 6.88. The lowest BCUT2D eigenvalue weighted by atomic mass is 10.2. The van der Waals surface area contributed by atoms with Crippen LogP contribution in [0.1, 0.15) is 12.8 Å². The van der Waals surface area contributed by atoms with E-state index in [1.165, 1.54) is 12.8 Å². The van der Waals surface area contributed by atoms with E-state index in [-0.39, 0.29) is 0 Å². The van der Waals surface area contributed by atoms with Crippen LogP contribution in [0.2, 0.25) is 5.15 Å². The molecule has 0 N–H and O–H groups in total. The van der Waals surface area contributed by atoms with Gasteiger partial charge in [0.25, 0.3) is 0 Å². The Labute approximate surface area is 157 Å². The molecular weight excluding hydrogens is 350 g/mol.